The first-order valence-electron chi connectivity index (χ1n) is 9.82. The molecule has 2 aromatic heterocycles. The third kappa shape index (κ3) is 5.25. The molecule has 0 fully saturated rings. The molecule has 0 aliphatic carbocycles. The molecular weight excluding hydrogens is 452 g/mol. The second kappa shape index (κ2) is 8.51. The second-order valence-corrected chi connectivity index (χ2v) is 11.8. The van der Waals surface area contributed by atoms with E-state index in [1.54, 1.807) is 10.7 Å². The van der Waals surface area contributed by atoms with Crippen LogP contribution in [0.25, 0.3) is 0 Å². The summed E-state index contributed by atoms with van der Waals surface area (Å²) in [5, 5.41) is 4.47. The van der Waals surface area contributed by atoms with Gasteiger partial charge in [0.1, 0.15) is 4.90 Å². The van der Waals surface area contributed by atoms with Crippen LogP contribution in [-0.4, -0.2) is 36.6 Å². The van der Waals surface area contributed by atoms with Crippen LogP contribution in [0.3, 0.4) is 0 Å². The number of nitrogens with one attached hydrogen (secondary N) is 2. The molecule has 0 spiro atoms. The van der Waals surface area contributed by atoms with Crippen LogP contribution in [-0.2, 0) is 25.5 Å². The van der Waals surface area contributed by atoms with Gasteiger partial charge in [0.05, 0.1) is 10.6 Å². The van der Waals surface area contributed by atoms with Gasteiger partial charge in [0, 0.05) is 35.7 Å². The molecule has 1 aromatic carbocycles. The molecule has 0 radical (unpaired) electrons. The number of rotatable bonds is 7. The van der Waals surface area contributed by atoms with Crippen molar-refractivity contribution >= 4 is 31.7 Å². The van der Waals surface area contributed by atoms with Crippen LogP contribution in [0.2, 0.25) is 0 Å². The Morgan fingerprint density at radius 1 is 0.906 bits per heavy atom. The monoisotopic (exact) mass is 478 g/mol. The number of benzene rings is 1. The van der Waals surface area contributed by atoms with Gasteiger partial charge < -0.3 is 0 Å². The normalized spacial score (nSPS) is 12.7. The number of nitrogens with zero attached hydrogens (tertiary/aromatic N) is 4. The van der Waals surface area contributed by atoms with Crippen LogP contribution in [0, 0.1) is 0 Å². The van der Waals surface area contributed by atoms with Gasteiger partial charge in [0.2, 0.25) is 5.95 Å². The van der Waals surface area contributed by atoms with E-state index in [0.29, 0.717) is 5.69 Å². The van der Waals surface area contributed by atoms with Gasteiger partial charge in [-0.05, 0) is 44.2 Å². The predicted octanol–water partition coefficient (Wildman–Crippen LogP) is 3.15. The standard InChI is InChI=1S/C20H26N6O4S2/c1-14(2)26-13-17(18(23-26)20(3,4)5)32(29,30)24-15-7-9-16(10-8-15)31(27,28)25-19-21-11-6-12-22-19/h6-14,24H,1-5H3,(H,21,22,25). The van der Waals surface area contributed by atoms with E-state index in [-0.39, 0.29) is 27.5 Å². The molecule has 10 nitrogen and oxygen atoms in total. The van der Waals surface area contributed by atoms with Crippen molar-refractivity contribution in [1.82, 2.24) is 19.7 Å². The lowest BCUT2D eigenvalue weighted by Crippen LogP contribution is -2.20. The molecule has 0 aliphatic rings. The summed E-state index contributed by atoms with van der Waals surface area (Å²) < 4.78 is 57.6. The van der Waals surface area contributed by atoms with Crippen molar-refractivity contribution < 1.29 is 16.8 Å². The van der Waals surface area contributed by atoms with Gasteiger partial charge in [-0.3, -0.25) is 9.40 Å². The highest BCUT2D eigenvalue weighted by atomic mass is 32.2. The lowest BCUT2D eigenvalue weighted by atomic mass is 9.92. The highest BCUT2D eigenvalue weighted by molar-refractivity contribution is 7.93. The van der Waals surface area contributed by atoms with Crippen molar-refractivity contribution in [2.45, 2.75) is 55.9 Å². The molecule has 3 rings (SSSR count). The maximum absolute atomic E-state index is 13.1. The maximum atomic E-state index is 13.1. The second-order valence-electron chi connectivity index (χ2n) is 8.47. The zero-order chi connectivity index (χ0) is 23.7. The van der Waals surface area contributed by atoms with Crippen LogP contribution >= 0.6 is 0 Å². The average molecular weight is 479 g/mol. The summed E-state index contributed by atoms with van der Waals surface area (Å²) in [6.45, 7) is 9.50. The third-order valence-electron chi connectivity index (χ3n) is 4.44. The Kier molecular flexibility index (Phi) is 6.29. The molecule has 0 atom stereocenters. The zero-order valence-electron chi connectivity index (χ0n) is 18.4. The zero-order valence-corrected chi connectivity index (χ0v) is 20.1. The van der Waals surface area contributed by atoms with Crippen molar-refractivity contribution in [3.8, 4) is 0 Å². The van der Waals surface area contributed by atoms with Gasteiger partial charge in [0.15, 0.2) is 0 Å². The highest BCUT2D eigenvalue weighted by Crippen LogP contribution is 2.30. The highest BCUT2D eigenvalue weighted by Gasteiger charge is 2.30. The summed E-state index contributed by atoms with van der Waals surface area (Å²) in [6.07, 6.45) is 4.34. The maximum Gasteiger partial charge on any atom is 0.265 e. The number of sulfonamides is 2. The third-order valence-corrected chi connectivity index (χ3v) is 7.16. The van der Waals surface area contributed by atoms with E-state index >= 15 is 0 Å². The van der Waals surface area contributed by atoms with E-state index in [1.807, 2.05) is 34.6 Å². The quantitative estimate of drug-likeness (QED) is 0.532. The number of hydrogen-bond donors (Lipinski definition) is 2. The molecule has 2 heterocycles. The van der Waals surface area contributed by atoms with E-state index in [1.165, 1.54) is 42.9 Å². The van der Waals surface area contributed by atoms with Crippen molar-refractivity contribution in [3.63, 3.8) is 0 Å². The summed E-state index contributed by atoms with van der Waals surface area (Å²) in [4.78, 5) is 7.68. The fourth-order valence-corrected chi connectivity index (χ4v) is 5.16. The summed E-state index contributed by atoms with van der Waals surface area (Å²) in [6, 6.07) is 6.90. The lowest BCUT2D eigenvalue weighted by Gasteiger charge is -2.18. The Morgan fingerprint density at radius 3 is 2.03 bits per heavy atom. The van der Waals surface area contributed by atoms with Crippen molar-refractivity contribution in [2.24, 2.45) is 0 Å². The van der Waals surface area contributed by atoms with Gasteiger partial charge >= 0.3 is 0 Å². The molecule has 0 bridgehead atoms. The average Bonchev–Trinajstić information content (AvgIpc) is 3.16. The Balaban J connectivity index is 1.87. The molecule has 2 N–H and O–H groups in total. The van der Waals surface area contributed by atoms with Crippen LogP contribution in [0.1, 0.15) is 46.4 Å². The fraction of sp³-hybridized carbons (Fsp3) is 0.350. The Labute approximate surface area is 188 Å². The molecular formula is C20H26N6O4S2. The van der Waals surface area contributed by atoms with Crippen molar-refractivity contribution in [2.75, 3.05) is 9.44 Å². The van der Waals surface area contributed by atoms with Crippen LogP contribution in [0.4, 0.5) is 11.6 Å². The number of hydrogen-bond acceptors (Lipinski definition) is 7. The van der Waals surface area contributed by atoms with E-state index in [9.17, 15) is 16.8 Å². The predicted molar refractivity (Wildman–Crippen MR) is 121 cm³/mol. The summed E-state index contributed by atoms with van der Waals surface area (Å²) >= 11 is 0. The minimum absolute atomic E-state index is 0.00867. The smallest absolute Gasteiger partial charge is 0.265 e. The first-order chi connectivity index (χ1) is 14.8. The molecule has 0 unspecified atom stereocenters. The molecule has 32 heavy (non-hydrogen) atoms. The summed E-state index contributed by atoms with van der Waals surface area (Å²) in [5.74, 6) is -0.0610. The van der Waals surface area contributed by atoms with Crippen LogP contribution in [0.15, 0.2) is 58.7 Å². The van der Waals surface area contributed by atoms with Gasteiger partial charge in [-0.1, -0.05) is 20.8 Å². The molecule has 0 aliphatic heterocycles. The van der Waals surface area contributed by atoms with E-state index < -0.39 is 25.5 Å². The largest absolute Gasteiger partial charge is 0.280 e. The Hall–Kier alpha value is -2.99. The van der Waals surface area contributed by atoms with E-state index in [0.717, 1.165) is 0 Å². The molecule has 0 saturated carbocycles. The van der Waals surface area contributed by atoms with Crippen LogP contribution < -0.4 is 9.44 Å². The van der Waals surface area contributed by atoms with Gasteiger partial charge in [0.25, 0.3) is 20.0 Å². The molecule has 172 valence electrons. The lowest BCUT2D eigenvalue weighted by molar-refractivity contribution is 0.493. The van der Waals surface area contributed by atoms with E-state index in [2.05, 4.69) is 24.5 Å². The van der Waals surface area contributed by atoms with Gasteiger partial charge in [-0.25, -0.2) is 31.5 Å². The SMILES string of the molecule is CC(C)n1cc(S(=O)(=O)Nc2ccc(S(=O)(=O)Nc3ncccn3)cc2)c(C(C)(C)C)n1. The van der Waals surface area contributed by atoms with Crippen LogP contribution in [0.5, 0.6) is 0 Å². The fourth-order valence-electron chi connectivity index (χ4n) is 2.80. The molecule has 3 aromatic rings. The first kappa shape index (κ1) is 23.7. The Morgan fingerprint density at radius 2 is 1.50 bits per heavy atom. The van der Waals surface area contributed by atoms with Gasteiger partial charge in [-0.2, -0.15) is 5.10 Å². The number of aromatic nitrogens is 4. The van der Waals surface area contributed by atoms with Crippen molar-refractivity contribution in [1.29, 1.82) is 0 Å². The first-order valence-corrected chi connectivity index (χ1v) is 12.8. The summed E-state index contributed by atoms with van der Waals surface area (Å²) in [5.41, 5.74) is 0.176. The molecule has 0 saturated heterocycles. The topological polar surface area (TPSA) is 136 Å². The van der Waals surface area contributed by atoms with Crippen molar-refractivity contribution in [3.05, 3.63) is 54.6 Å². The molecule has 12 heteroatoms. The molecule has 0 amide bonds. The summed E-state index contributed by atoms with van der Waals surface area (Å²) in [7, 11) is -7.88. The number of anilines is 2. The van der Waals surface area contributed by atoms with Gasteiger partial charge in [-0.15, -0.1) is 0 Å². The minimum atomic E-state index is -3.96. The van der Waals surface area contributed by atoms with E-state index in [4.69, 9.17) is 0 Å². The minimum Gasteiger partial charge on any atom is -0.280 e. The Bertz CT molecular complexity index is 1290.